The van der Waals surface area contributed by atoms with Crippen molar-refractivity contribution < 1.29 is 24.5 Å². The van der Waals surface area contributed by atoms with E-state index in [1.54, 1.807) is 0 Å². The van der Waals surface area contributed by atoms with Gasteiger partial charge in [0.05, 0.1) is 13.2 Å². The van der Waals surface area contributed by atoms with E-state index in [9.17, 15) is 9.59 Å². The minimum absolute atomic E-state index is 0.277. The first kappa shape index (κ1) is 14.9. The molecule has 0 aliphatic rings. The van der Waals surface area contributed by atoms with Crippen molar-refractivity contribution in [2.75, 3.05) is 13.2 Å². The summed E-state index contributed by atoms with van der Waals surface area (Å²) in [6.07, 6.45) is -0.806. The van der Waals surface area contributed by atoms with E-state index in [0.717, 1.165) is 6.04 Å². The quantitative estimate of drug-likeness (QED) is 0.596. The lowest BCUT2D eigenvalue weighted by molar-refractivity contribution is -0.140. The van der Waals surface area contributed by atoms with Crippen LogP contribution in [0.25, 0.3) is 0 Å². The number of nitrogens with one attached hydrogen (secondary N) is 1. The van der Waals surface area contributed by atoms with Crippen LogP contribution in [-0.4, -0.2) is 49.6 Å². The van der Waals surface area contributed by atoms with Gasteiger partial charge < -0.3 is 20.3 Å². The largest absolute Gasteiger partial charge is 0.480 e. The predicted molar refractivity (Wildman–Crippen MR) is 61.1 cm³/mol. The molecule has 1 amide bonds. The van der Waals surface area contributed by atoms with Gasteiger partial charge in [0.1, 0.15) is 0 Å². The maximum Gasteiger partial charge on any atom is 0.407 e. The van der Waals surface area contributed by atoms with Crippen LogP contribution in [0, 0.1) is 0 Å². The van der Waals surface area contributed by atoms with Crippen molar-refractivity contribution in [2.45, 2.75) is 31.7 Å². The predicted octanol–water partition coefficient (Wildman–Crippen LogP) is 0.496. The Kier molecular flexibility index (Phi) is 6.05. The topological polar surface area (TPSA) is 95.9 Å². The van der Waals surface area contributed by atoms with Crippen molar-refractivity contribution in [1.82, 2.24) is 5.32 Å². The molecule has 1 atom stereocenters. The smallest absolute Gasteiger partial charge is 0.407 e. The van der Waals surface area contributed by atoms with E-state index in [0.29, 0.717) is 0 Å². The Morgan fingerprint density at radius 3 is 2.31 bits per heavy atom. The van der Waals surface area contributed by atoms with Gasteiger partial charge >= 0.3 is 12.1 Å². The second kappa shape index (κ2) is 6.49. The van der Waals surface area contributed by atoms with Gasteiger partial charge in [0.25, 0.3) is 0 Å². The number of ether oxygens (including phenoxy) is 1. The lowest BCUT2D eigenvalue weighted by Crippen LogP contribution is -2.43. The molecule has 0 aromatic carbocycles. The van der Waals surface area contributed by atoms with Gasteiger partial charge in [0.15, 0.2) is 6.04 Å². The van der Waals surface area contributed by atoms with Crippen molar-refractivity contribution in [3.8, 4) is 0 Å². The van der Waals surface area contributed by atoms with Gasteiger partial charge in [-0.05, 0) is 6.04 Å². The number of rotatable bonds is 6. The summed E-state index contributed by atoms with van der Waals surface area (Å²) in [7, 11) is -1.26. The van der Waals surface area contributed by atoms with Crippen molar-refractivity contribution in [1.29, 1.82) is 0 Å². The van der Waals surface area contributed by atoms with Gasteiger partial charge in [-0.2, -0.15) is 0 Å². The average molecular weight is 249 g/mol. The highest BCUT2D eigenvalue weighted by atomic mass is 28.3. The van der Waals surface area contributed by atoms with Gasteiger partial charge in [-0.3, -0.25) is 0 Å². The fourth-order valence-electron chi connectivity index (χ4n) is 0.819. The van der Waals surface area contributed by atoms with Gasteiger partial charge in [-0.25, -0.2) is 9.59 Å². The second-order valence-corrected chi connectivity index (χ2v) is 10.3. The fraction of sp³-hybridized carbons (Fsp3) is 0.778. The number of carboxylic acids is 1. The van der Waals surface area contributed by atoms with E-state index in [-0.39, 0.29) is 6.61 Å². The van der Waals surface area contributed by atoms with E-state index >= 15 is 0 Å². The van der Waals surface area contributed by atoms with E-state index in [2.05, 4.69) is 25.0 Å². The Bertz CT molecular complexity index is 251. The Morgan fingerprint density at radius 2 is 1.94 bits per heavy atom. The highest BCUT2D eigenvalue weighted by molar-refractivity contribution is 6.76. The molecule has 3 N–H and O–H groups in total. The number of aliphatic hydroxyl groups excluding tert-OH is 1. The Balaban J connectivity index is 3.86. The van der Waals surface area contributed by atoms with Crippen LogP contribution in [0.2, 0.25) is 25.7 Å². The maximum absolute atomic E-state index is 11.1. The Morgan fingerprint density at radius 1 is 1.38 bits per heavy atom. The van der Waals surface area contributed by atoms with E-state index in [1.807, 2.05) is 0 Å². The molecule has 0 radical (unpaired) electrons. The molecule has 0 aliphatic carbocycles. The third-order valence-corrected chi connectivity index (χ3v) is 3.56. The van der Waals surface area contributed by atoms with Gasteiger partial charge in [-0.1, -0.05) is 19.6 Å². The van der Waals surface area contributed by atoms with Gasteiger partial charge in [0, 0.05) is 8.07 Å². The molecule has 7 heteroatoms. The number of alkyl carbamates (subject to hydrolysis) is 1. The van der Waals surface area contributed by atoms with Crippen LogP contribution in [0.1, 0.15) is 0 Å². The SMILES string of the molecule is C[Si](C)(C)CCOC(=O)NC(CO)C(=O)O. The Hall–Kier alpha value is -1.08. The monoisotopic (exact) mass is 249 g/mol. The van der Waals surface area contributed by atoms with Crippen molar-refractivity contribution in [2.24, 2.45) is 0 Å². The molecule has 94 valence electrons. The summed E-state index contributed by atoms with van der Waals surface area (Å²) < 4.78 is 4.81. The number of amides is 1. The number of carbonyl (C=O) groups is 2. The molecule has 0 aliphatic heterocycles. The molecular formula is C9H19NO5Si. The fourth-order valence-corrected chi connectivity index (χ4v) is 1.53. The van der Waals surface area contributed by atoms with Crippen molar-refractivity contribution in [3.05, 3.63) is 0 Å². The molecule has 1 unspecified atom stereocenters. The summed E-state index contributed by atoms with van der Waals surface area (Å²) in [6.45, 7) is 6.05. The Labute approximate surface area is 95.6 Å². The first-order valence-corrected chi connectivity index (χ1v) is 8.74. The minimum atomic E-state index is -1.31. The summed E-state index contributed by atoms with van der Waals surface area (Å²) in [5.41, 5.74) is 0. The minimum Gasteiger partial charge on any atom is -0.480 e. The summed E-state index contributed by atoms with van der Waals surface area (Å²) in [6, 6.07) is -0.489. The number of hydrogen-bond donors (Lipinski definition) is 3. The number of aliphatic carboxylic acids is 1. The molecule has 0 saturated heterocycles. The third-order valence-electron chi connectivity index (χ3n) is 1.86. The van der Waals surface area contributed by atoms with Gasteiger partial charge in [-0.15, -0.1) is 0 Å². The first-order chi connectivity index (χ1) is 7.26. The van der Waals surface area contributed by atoms with Crippen molar-refractivity contribution in [3.63, 3.8) is 0 Å². The zero-order chi connectivity index (χ0) is 12.8. The molecule has 16 heavy (non-hydrogen) atoms. The van der Waals surface area contributed by atoms with Crippen LogP contribution in [-0.2, 0) is 9.53 Å². The highest BCUT2D eigenvalue weighted by Crippen LogP contribution is 2.07. The number of carbonyl (C=O) groups excluding carboxylic acids is 1. The zero-order valence-electron chi connectivity index (χ0n) is 9.82. The summed E-state index contributed by atoms with van der Waals surface area (Å²) in [4.78, 5) is 21.6. The molecule has 0 rings (SSSR count). The van der Waals surface area contributed by atoms with Gasteiger partial charge in [0.2, 0.25) is 0 Å². The van der Waals surface area contributed by atoms with Crippen LogP contribution in [0.3, 0.4) is 0 Å². The average Bonchev–Trinajstić information content (AvgIpc) is 2.11. The molecular weight excluding hydrogens is 230 g/mol. The lowest BCUT2D eigenvalue weighted by atomic mass is 10.3. The van der Waals surface area contributed by atoms with Crippen LogP contribution in [0.5, 0.6) is 0 Å². The highest BCUT2D eigenvalue weighted by Gasteiger charge is 2.20. The van der Waals surface area contributed by atoms with E-state index in [4.69, 9.17) is 14.9 Å². The molecule has 6 nitrogen and oxygen atoms in total. The zero-order valence-corrected chi connectivity index (χ0v) is 10.8. The molecule has 0 aromatic rings. The van der Waals surface area contributed by atoms with Crippen molar-refractivity contribution >= 4 is 20.1 Å². The van der Waals surface area contributed by atoms with E-state index < -0.39 is 32.8 Å². The van der Waals surface area contributed by atoms with Crippen LogP contribution >= 0.6 is 0 Å². The second-order valence-electron chi connectivity index (χ2n) is 4.66. The summed E-state index contributed by atoms with van der Waals surface area (Å²) in [5.74, 6) is -1.29. The standard InChI is InChI=1S/C9H19NO5Si/c1-16(2,3)5-4-15-9(14)10-7(6-11)8(12)13/h7,11H,4-6H2,1-3H3,(H,10,14)(H,12,13). The number of aliphatic hydroxyl groups is 1. The van der Waals surface area contributed by atoms with Crippen LogP contribution in [0.15, 0.2) is 0 Å². The number of carboxylic acid groups (broad SMARTS) is 1. The molecule has 0 spiro atoms. The van der Waals surface area contributed by atoms with Crippen LogP contribution in [0.4, 0.5) is 4.79 Å². The first-order valence-electron chi connectivity index (χ1n) is 5.03. The normalized spacial score (nSPS) is 13.0. The summed E-state index contributed by atoms with van der Waals surface area (Å²) >= 11 is 0. The van der Waals surface area contributed by atoms with E-state index in [1.165, 1.54) is 0 Å². The summed E-state index contributed by atoms with van der Waals surface area (Å²) in [5, 5.41) is 19.3. The third kappa shape index (κ3) is 7.24. The molecule has 0 aromatic heterocycles. The maximum atomic E-state index is 11.1. The lowest BCUT2D eigenvalue weighted by Gasteiger charge is -2.16. The molecule has 0 heterocycles. The molecule has 0 saturated carbocycles. The molecule has 0 fully saturated rings. The number of hydrogen-bond acceptors (Lipinski definition) is 4. The van der Waals surface area contributed by atoms with Crippen LogP contribution < -0.4 is 5.32 Å². The molecule has 0 bridgehead atoms.